The Morgan fingerprint density at radius 2 is 1.72 bits per heavy atom. The number of piperidine rings is 1. The first-order valence-electron chi connectivity index (χ1n) is 10.1. The fourth-order valence-corrected chi connectivity index (χ4v) is 5.15. The first-order valence-corrected chi connectivity index (χ1v) is 11.5. The molecule has 3 rings (SSSR count). The maximum absolute atomic E-state index is 13.2. The van der Waals surface area contributed by atoms with Crippen molar-refractivity contribution in [3.63, 3.8) is 0 Å². The van der Waals surface area contributed by atoms with E-state index in [2.05, 4.69) is 29.2 Å². The van der Waals surface area contributed by atoms with Gasteiger partial charge in [0.2, 0.25) is 0 Å². The van der Waals surface area contributed by atoms with E-state index in [1.54, 1.807) is 19.2 Å². The highest BCUT2D eigenvalue weighted by molar-refractivity contribution is 7.85. The Morgan fingerprint density at radius 3 is 2.38 bits per heavy atom. The van der Waals surface area contributed by atoms with E-state index >= 15 is 0 Å². The summed E-state index contributed by atoms with van der Waals surface area (Å²) in [4.78, 5) is 3.10. The molecule has 6 heteroatoms. The Labute approximate surface area is 175 Å². The Kier molecular flexibility index (Phi) is 8.36. The number of ether oxygens (including phenoxy) is 2. The van der Waals surface area contributed by atoms with Crippen molar-refractivity contribution >= 4 is 10.8 Å². The first kappa shape index (κ1) is 22.1. The van der Waals surface area contributed by atoms with Gasteiger partial charge in [-0.2, -0.15) is 0 Å². The van der Waals surface area contributed by atoms with Crippen molar-refractivity contribution in [2.75, 3.05) is 45.7 Å². The second kappa shape index (κ2) is 11.0. The van der Waals surface area contributed by atoms with E-state index in [0.717, 1.165) is 38.9 Å². The van der Waals surface area contributed by atoms with Gasteiger partial charge in [-0.1, -0.05) is 30.3 Å². The van der Waals surface area contributed by atoms with E-state index in [1.807, 2.05) is 6.07 Å². The second-order valence-corrected chi connectivity index (χ2v) is 9.00. The van der Waals surface area contributed by atoms with E-state index in [9.17, 15) is 8.60 Å². The molecule has 1 aliphatic heterocycles. The zero-order valence-electron chi connectivity index (χ0n) is 17.0. The Hall–Kier alpha value is -1.60. The fourth-order valence-electron chi connectivity index (χ4n) is 3.70. The second-order valence-electron chi connectivity index (χ2n) is 7.55. The number of methoxy groups -OCH3 is 1. The van der Waals surface area contributed by atoms with Crippen molar-refractivity contribution in [3.05, 3.63) is 66.0 Å². The Morgan fingerprint density at radius 1 is 1.03 bits per heavy atom. The molecule has 0 saturated carbocycles. The van der Waals surface area contributed by atoms with Crippen LogP contribution in [0.1, 0.15) is 18.4 Å². The van der Waals surface area contributed by atoms with Crippen LogP contribution in [-0.4, -0.2) is 60.4 Å². The van der Waals surface area contributed by atoms with Gasteiger partial charge in [0.1, 0.15) is 5.82 Å². The van der Waals surface area contributed by atoms with Crippen molar-refractivity contribution in [2.45, 2.75) is 29.8 Å². The highest BCUT2D eigenvalue weighted by Gasteiger charge is 2.37. The minimum atomic E-state index is -1.23. The number of rotatable bonds is 10. The Balaban J connectivity index is 1.58. The van der Waals surface area contributed by atoms with Crippen molar-refractivity contribution < 1.29 is 18.1 Å². The summed E-state index contributed by atoms with van der Waals surface area (Å²) in [5, 5.41) is 0. The smallest absolute Gasteiger partial charge is 0.123 e. The molecule has 0 bridgehead atoms. The summed E-state index contributed by atoms with van der Waals surface area (Å²) < 4.78 is 37.5. The predicted octanol–water partition coefficient (Wildman–Crippen LogP) is 3.67. The zero-order valence-corrected chi connectivity index (χ0v) is 17.8. The van der Waals surface area contributed by atoms with Crippen molar-refractivity contribution in [1.82, 2.24) is 4.90 Å². The van der Waals surface area contributed by atoms with Gasteiger partial charge in [-0.3, -0.25) is 4.21 Å². The number of hydrogen-bond acceptors (Lipinski definition) is 4. The number of nitrogens with zero attached hydrogens (tertiary/aromatic N) is 1. The SMILES string of the molecule is COCCOC1(CS(=O)c2ccc(F)cc2)CCN(CCc2ccccc2)CC1. The van der Waals surface area contributed by atoms with Crippen LogP contribution >= 0.6 is 0 Å². The average Bonchev–Trinajstić information content (AvgIpc) is 2.75. The summed E-state index contributed by atoms with van der Waals surface area (Å²) in [6, 6.07) is 16.4. The van der Waals surface area contributed by atoms with E-state index in [1.165, 1.54) is 17.7 Å². The average molecular weight is 420 g/mol. The van der Waals surface area contributed by atoms with Crippen LogP contribution in [0.25, 0.3) is 0 Å². The monoisotopic (exact) mass is 419 g/mol. The fraction of sp³-hybridized carbons (Fsp3) is 0.478. The van der Waals surface area contributed by atoms with Crippen LogP contribution in [0.15, 0.2) is 59.5 Å². The standard InChI is InChI=1S/C23H30FNO3S/c1-27-17-18-28-23(19-29(26)22-9-7-21(24)8-10-22)12-15-25(16-13-23)14-11-20-5-3-2-4-6-20/h2-10H,11-19H2,1H3. The molecule has 1 heterocycles. The molecule has 0 amide bonds. The van der Waals surface area contributed by atoms with Crippen molar-refractivity contribution in [3.8, 4) is 0 Å². The van der Waals surface area contributed by atoms with Crippen molar-refractivity contribution in [2.24, 2.45) is 0 Å². The lowest BCUT2D eigenvalue weighted by Crippen LogP contribution is -2.50. The summed E-state index contributed by atoms with van der Waals surface area (Å²) >= 11 is 0. The van der Waals surface area contributed by atoms with E-state index in [4.69, 9.17) is 9.47 Å². The predicted molar refractivity (Wildman–Crippen MR) is 114 cm³/mol. The lowest BCUT2D eigenvalue weighted by atomic mass is 9.92. The summed E-state index contributed by atoms with van der Waals surface area (Å²) in [5.41, 5.74) is 0.916. The minimum Gasteiger partial charge on any atom is -0.382 e. The van der Waals surface area contributed by atoms with Gasteiger partial charge in [-0.15, -0.1) is 0 Å². The summed E-state index contributed by atoms with van der Waals surface area (Å²) in [7, 11) is 0.422. The van der Waals surface area contributed by atoms with Gasteiger partial charge in [0.25, 0.3) is 0 Å². The molecule has 1 fully saturated rings. The molecule has 4 nitrogen and oxygen atoms in total. The highest BCUT2D eigenvalue weighted by atomic mass is 32.2. The van der Waals surface area contributed by atoms with Crippen LogP contribution in [0.3, 0.4) is 0 Å². The molecule has 1 unspecified atom stereocenters. The van der Waals surface area contributed by atoms with Gasteiger partial charge in [0, 0.05) is 31.6 Å². The molecule has 0 spiro atoms. The van der Waals surface area contributed by atoms with Gasteiger partial charge >= 0.3 is 0 Å². The molecule has 2 aromatic rings. The molecule has 0 aliphatic carbocycles. The highest BCUT2D eigenvalue weighted by Crippen LogP contribution is 2.29. The maximum Gasteiger partial charge on any atom is 0.123 e. The number of halogens is 1. The topological polar surface area (TPSA) is 38.8 Å². The van der Waals surface area contributed by atoms with Gasteiger partial charge in [0.15, 0.2) is 0 Å². The third-order valence-corrected chi connectivity index (χ3v) is 7.08. The van der Waals surface area contributed by atoms with Crippen molar-refractivity contribution in [1.29, 1.82) is 0 Å². The zero-order chi connectivity index (χ0) is 20.5. The van der Waals surface area contributed by atoms with E-state index < -0.39 is 16.4 Å². The van der Waals surface area contributed by atoms with Crippen LogP contribution in [0, 0.1) is 5.82 Å². The van der Waals surface area contributed by atoms with Crippen LogP contribution in [0.2, 0.25) is 0 Å². The van der Waals surface area contributed by atoms with Crippen LogP contribution in [0.5, 0.6) is 0 Å². The third-order valence-electron chi connectivity index (χ3n) is 5.49. The summed E-state index contributed by atoms with van der Waals surface area (Å²) in [5.74, 6) is 0.109. The largest absolute Gasteiger partial charge is 0.382 e. The van der Waals surface area contributed by atoms with Gasteiger partial charge in [-0.05, 0) is 49.1 Å². The minimum absolute atomic E-state index is 0.316. The number of benzene rings is 2. The molecule has 0 aromatic heterocycles. The van der Waals surface area contributed by atoms with Gasteiger partial charge in [0.05, 0.1) is 35.4 Å². The number of hydrogen-bond donors (Lipinski definition) is 0. The normalized spacial score (nSPS) is 17.9. The van der Waals surface area contributed by atoms with E-state index in [-0.39, 0.29) is 5.82 Å². The van der Waals surface area contributed by atoms with Crippen LogP contribution < -0.4 is 0 Å². The molecular weight excluding hydrogens is 389 g/mol. The summed E-state index contributed by atoms with van der Waals surface area (Å²) in [6.45, 7) is 3.85. The molecule has 158 valence electrons. The Bertz CT molecular complexity index is 761. The molecule has 1 atom stereocenters. The van der Waals surface area contributed by atoms with Gasteiger partial charge in [-0.25, -0.2) is 4.39 Å². The van der Waals surface area contributed by atoms with Gasteiger partial charge < -0.3 is 14.4 Å². The lowest BCUT2D eigenvalue weighted by molar-refractivity contribution is -0.0808. The molecule has 1 saturated heterocycles. The quantitative estimate of drug-likeness (QED) is 0.551. The third kappa shape index (κ3) is 6.71. The maximum atomic E-state index is 13.2. The lowest BCUT2D eigenvalue weighted by Gasteiger charge is -2.41. The van der Waals surface area contributed by atoms with Crippen LogP contribution in [0.4, 0.5) is 4.39 Å². The molecule has 2 aromatic carbocycles. The van der Waals surface area contributed by atoms with E-state index in [0.29, 0.717) is 23.9 Å². The molecule has 29 heavy (non-hydrogen) atoms. The first-order chi connectivity index (χ1) is 14.1. The molecule has 1 aliphatic rings. The summed E-state index contributed by atoms with van der Waals surface area (Å²) in [6.07, 6.45) is 2.69. The molecule has 0 radical (unpaired) electrons. The van der Waals surface area contributed by atoms with Crippen LogP contribution in [-0.2, 0) is 26.7 Å². The molecular formula is C23H30FNO3S. The number of likely N-dealkylation sites (tertiary alicyclic amines) is 1. The molecule has 0 N–H and O–H groups in total.